The summed E-state index contributed by atoms with van der Waals surface area (Å²) in [5.74, 6) is -0.172. The van der Waals surface area contributed by atoms with E-state index in [4.69, 9.17) is 0 Å². The van der Waals surface area contributed by atoms with E-state index < -0.39 is 5.82 Å². The predicted octanol–water partition coefficient (Wildman–Crippen LogP) is 2.28. The van der Waals surface area contributed by atoms with Crippen LogP contribution in [0.5, 0.6) is 0 Å². The van der Waals surface area contributed by atoms with Crippen LogP contribution in [-0.4, -0.2) is 33.3 Å². The maximum atomic E-state index is 14.0. The number of hydrogen-bond acceptors (Lipinski definition) is 5. The van der Waals surface area contributed by atoms with E-state index in [1.807, 2.05) is 36.4 Å². The predicted molar refractivity (Wildman–Crippen MR) is 90.6 cm³/mol. The minimum atomic E-state index is -0.481. The first-order valence-corrected chi connectivity index (χ1v) is 7.75. The average molecular weight is 337 g/mol. The van der Waals surface area contributed by atoms with Crippen molar-refractivity contribution in [2.45, 2.75) is 6.54 Å². The summed E-state index contributed by atoms with van der Waals surface area (Å²) < 4.78 is 14.0. The molecule has 1 aromatic heterocycles. The molecule has 3 rings (SSSR count). The lowest BCUT2D eigenvalue weighted by Gasteiger charge is -2.21. The number of aromatic nitrogens is 3. The minimum Gasteiger partial charge on any atom is -0.395 e. The number of nitriles is 1. The molecule has 0 aliphatic heterocycles. The monoisotopic (exact) mass is 337 g/mol. The van der Waals surface area contributed by atoms with E-state index in [1.165, 1.54) is 12.1 Å². The molecule has 0 aliphatic carbocycles. The molecule has 0 radical (unpaired) electrons. The average Bonchev–Trinajstić information content (AvgIpc) is 3.07. The Morgan fingerprint density at radius 1 is 1.08 bits per heavy atom. The molecule has 1 heterocycles. The first-order chi connectivity index (χ1) is 12.2. The van der Waals surface area contributed by atoms with Crippen LogP contribution in [0.4, 0.5) is 10.2 Å². The van der Waals surface area contributed by atoms with Crippen molar-refractivity contribution in [1.29, 1.82) is 5.26 Å². The fourth-order valence-corrected chi connectivity index (χ4v) is 2.49. The number of rotatable bonds is 6. The largest absolute Gasteiger partial charge is 0.395 e. The highest BCUT2D eigenvalue weighted by molar-refractivity contribution is 5.51. The van der Waals surface area contributed by atoms with Crippen LogP contribution >= 0.6 is 0 Å². The Bertz CT molecular complexity index is 888. The molecule has 2 aromatic carbocycles. The van der Waals surface area contributed by atoms with Gasteiger partial charge < -0.3 is 10.0 Å². The number of anilines is 1. The number of benzene rings is 2. The van der Waals surface area contributed by atoms with Crippen molar-refractivity contribution in [3.63, 3.8) is 0 Å². The lowest BCUT2D eigenvalue weighted by atomic mass is 10.2. The molecule has 0 atom stereocenters. The molecule has 0 amide bonds. The van der Waals surface area contributed by atoms with Crippen molar-refractivity contribution in [3.8, 4) is 11.8 Å². The summed E-state index contributed by atoms with van der Waals surface area (Å²) in [5, 5.41) is 27.1. The highest BCUT2D eigenvalue weighted by Crippen LogP contribution is 2.20. The third-order valence-corrected chi connectivity index (χ3v) is 3.66. The molecule has 126 valence electrons. The molecule has 1 N–H and O–H groups in total. The molecular weight excluding hydrogens is 321 g/mol. The summed E-state index contributed by atoms with van der Waals surface area (Å²) in [6, 6.07) is 17.7. The van der Waals surface area contributed by atoms with Gasteiger partial charge in [-0.2, -0.15) is 5.26 Å². The smallest absolute Gasteiger partial charge is 0.207 e. The number of nitrogens with zero attached hydrogens (tertiary/aromatic N) is 5. The van der Waals surface area contributed by atoms with Crippen LogP contribution in [0.25, 0.3) is 5.69 Å². The van der Waals surface area contributed by atoms with Crippen LogP contribution < -0.4 is 4.90 Å². The normalized spacial score (nSPS) is 10.4. The maximum Gasteiger partial charge on any atom is 0.207 e. The van der Waals surface area contributed by atoms with Crippen molar-refractivity contribution in [3.05, 3.63) is 71.7 Å². The molecule has 0 saturated heterocycles. The zero-order valence-corrected chi connectivity index (χ0v) is 13.4. The topological polar surface area (TPSA) is 78.0 Å². The molecule has 0 spiro atoms. The Morgan fingerprint density at radius 3 is 2.48 bits per heavy atom. The van der Waals surface area contributed by atoms with Gasteiger partial charge in [0, 0.05) is 13.1 Å². The van der Waals surface area contributed by atoms with E-state index in [0.717, 1.165) is 10.4 Å². The van der Waals surface area contributed by atoms with Crippen molar-refractivity contribution in [1.82, 2.24) is 15.0 Å². The van der Waals surface area contributed by atoms with Crippen LogP contribution in [0.15, 0.2) is 54.6 Å². The first kappa shape index (κ1) is 16.6. The number of halogens is 1. The standard InChI is InChI=1S/C18H16FN5O/c19-15-8-4-5-9-17(15)24-21-16(12-20)18(22-24)23(10-11-25)13-14-6-2-1-3-7-14/h1-9,25H,10-11,13H2. The molecule has 0 unspecified atom stereocenters. The zero-order chi connectivity index (χ0) is 17.6. The molecule has 0 saturated carbocycles. The molecule has 25 heavy (non-hydrogen) atoms. The third-order valence-electron chi connectivity index (χ3n) is 3.66. The van der Waals surface area contributed by atoms with Gasteiger partial charge in [-0.3, -0.25) is 0 Å². The minimum absolute atomic E-state index is 0.0765. The summed E-state index contributed by atoms with van der Waals surface area (Å²) in [4.78, 5) is 2.86. The van der Waals surface area contributed by atoms with Crippen LogP contribution in [0.3, 0.4) is 0 Å². The van der Waals surface area contributed by atoms with E-state index in [-0.39, 0.29) is 24.5 Å². The SMILES string of the molecule is N#Cc1nn(-c2ccccc2F)nc1N(CCO)Cc1ccccc1. The molecule has 3 aromatic rings. The maximum absolute atomic E-state index is 14.0. The van der Waals surface area contributed by atoms with E-state index in [0.29, 0.717) is 12.4 Å². The summed E-state index contributed by atoms with van der Waals surface area (Å²) in [7, 11) is 0. The van der Waals surface area contributed by atoms with Crippen LogP contribution in [-0.2, 0) is 6.54 Å². The fraction of sp³-hybridized carbons (Fsp3) is 0.167. The summed E-state index contributed by atoms with van der Waals surface area (Å²) in [5.41, 5.74) is 1.24. The van der Waals surface area contributed by atoms with E-state index >= 15 is 0 Å². The van der Waals surface area contributed by atoms with Crippen molar-refractivity contribution in [2.24, 2.45) is 0 Å². The molecular formula is C18H16FN5O. The summed E-state index contributed by atoms with van der Waals surface area (Å²) >= 11 is 0. The van der Waals surface area contributed by atoms with Gasteiger partial charge in [0.15, 0.2) is 11.6 Å². The van der Waals surface area contributed by atoms with Crippen LogP contribution in [0.1, 0.15) is 11.3 Å². The Balaban J connectivity index is 1.99. The molecule has 0 aliphatic rings. The van der Waals surface area contributed by atoms with Gasteiger partial charge in [0.05, 0.1) is 6.61 Å². The Morgan fingerprint density at radius 2 is 1.80 bits per heavy atom. The van der Waals surface area contributed by atoms with Gasteiger partial charge in [0.25, 0.3) is 0 Å². The second kappa shape index (κ2) is 7.55. The van der Waals surface area contributed by atoms with Crippen LogP contribution in [0.2, 0.25) is 0 Å². The number of para-hydroxylation sites is 1. The molecule has 0 fully saturated rings. The number of hydrogen-bond donors (Lipinski definition) is 1. The summed E-state index contributed by atoms with van der Waals surface area (Å²) in [6.07, 6.45) is 0. The second-order valence-corrected chi connectivity index (χ2v) is 5.36. The number of aliphatic hydroxyl groups is 1. The van der Waals surface area contributed by atoms with Gasteiger partial charge >= 0.3 is 0 Å². The Kier molecular flexibility index (Phi) is 5.02. The molecule has 0 bridgehead atoms. The van der Waals surface area contributed by atoms with Gasteiger partial charge in [-0.1, -0.05) is 42.5 Å². The Labute approximate surface area is 144 Å². The van der Waals surface area contributed by atoms with Gasteiger partial charge in [-0.05, 0) is 17.7 Å². The van der Waals surface area contributed by atoms with Crippen LogP contribution in [0, 0.1) is 17.1 Å². The second-order valence-electron chi connectivity index (χ2n) is 5.36. The zero-order valence-electron chi connectivity index (χ0n) is 13.4. The van der Waals surface area contributed by atoms with Gasteiger partial charge in [0.1, 0.15) is 11.8 Å². The quantitative estimate of drug-likeness (QED) is 0.746. The summed E-state index contributed by atoms with van der Waals surface area (Å²) in [6.45, 7) is 0.621. The Hall–Kier alpha value is -3.24. The van der Waals surface area contributed by atoms with E-state index in [2.05, 4.69) is 10.2 Å². The lowest BCUT2D eigenvalue weighted by molar-refractivity contribution is 0.301. The number of aliphatic hydroxyl groups excluding tert-OH is 1. The van der Waals surface area contributed by atoms with E-state index in [1.54, 1.807) is 17.0 Å². The third kappa shape index (κ3) is 3.65. The molecule has 7 heteroatoms. The van der Waals surface area contributed by atoms with Gasteiger partial charge in [0.2, 0.25) is 5.69 Å². The fourth-order valence-electron chi connectivity index (χ4n) is 2.49. The highest BCUT2D eigenvalue weighted by Gasteiger charge is 2.19. The van der Waals surface area contributed by atoms with Crippen molar-refractivity contribution < 1.29 is 9.50 Å². The van der Waals surface area contributed by atoms with Crippen molar-refractivity contribution in [2.75, 3.05) is 18.1 Å². The van der Waals surface area contributed by atoms with E-state index in [9.17, 15) is 14.8 Å². The van der Waals surface area contributed by atoms with Gasteiger partial charge in [-0.25, -0.2) is 4.39 Å². The highest BCUT2D eigenvalue weighted by atomic mass is 19.1. The van der Waals surface area contributed by atoms with Crippen molar-refractivity contribution >= 4 is 5.82 Å². The molecule has 6 nitrogen and oxygen atoms in total. The lowest BCUT2D eigenvalue weighted by Crippen LogP contribution is -2.27. The first-order valence-electron chi connectivity index (χ1n) is 7.75. The van der Waals surface area contributed by atoms with Gasteiger partial charge in [-0.15, -0.1) is 15.0 Å².